The molecule has 156 valence electrons. The second-order valence-electron chi connectivity index (χ2n) is 8.13. The number of nitrogens with zero attached hydrogens (tertiary/aromatic N) is 2. The highest BCUT2D eigenvalue weighted by Crippen LogP contribution is 2.29. The van der Waals surface area contributed by atoms with Gasteiger partial charge in [0.15, 0.2) is 0 Å². The number of carbonyl (C=O) groups excluding carboxylic acids is 1. The average Bonchev–Trinajstić information content (AvgIpc) is 3.04. The summed E-state index contributed by atoms with van der Waals surface area (Å²) in [5.41, 5.74) is 2.24. The quantitative estimate of drug-likeness (QED) is 0.715. The van der Waals surface area contributed by atoms with Crippen LogP contribution >= 0.6 is 0 Å². The summed E-state index contributed by atoms with van der Waals surface area (Å²) in [5.74, 6) is -0.340. The van der Waals surface area contributed by atoms with E-state index in [1.54, 1.807) is 12.1 Å². The van der Waals surface area contributed by atoms with Gasteiger partial charge in [0.25, 0.3) is 0 Å². The van der Waals surface area contributed by atoms with Gasteiger partial charge in [-0.15, -0.1) is 0 Å². The first kappa shape index (κ1) is 21.4. The second-order valence-corrected chi connectivity index (χ2v) is 8.13. The molecule has 0 radical (unpaired) electrons. The second kappa shape index (κ2) is 9.96. The highest BCUT2D eigenvalue weighted by atomic mass is 19.1. The van der Waals surface area contributed by atoms with Gasteiger partial charge in [-0.25, -0.2) is 4.39 Å². The standard InChI is InChI=1S/C23H30FN3O2/c1-26(2)14-20(28)12-23(29)25-22-16-27(13-17-6-4-3-5-7-17)15-21(22)18-8-10-19(24)11-9-18/h3-11,20-22,28H,12-16H2,1-2H3,(H,25,29)/t20?,21-,22+/m0/s1. The lowest BCUT2D eigenvalue weighted by molar-refractivity contribution is -0.123. The Morgan fingerprint density at radius 3 is 2.52 bits per heavy atom. The van der Waals surface area contributed by atoms with Gasteiger partial charge < -0.3 is 15.3 Å². The van der Waals surface area contributed by atoms with Gasteiger partial charge in [0, 0.05) is 38.1 Å². The van der Waals surface area contributed by atoms with Gasteiger partial charge >= 0.3 is 0 Å². The molecule has 1 aliphatic heterocycles. The third-order valence-corrected chi connectivity index (χ3v) is 5.29. The zero-order valence-electron chi connectivity index (χ0n) is 17.1. The number of aliphatic hydroxyl groups excluding tert-OH is 1. The number of amides is 1. The molecule has 0 aromatic heterocycles. The fourth-order valence-corrected chi connectivity index (χ4v) is 4.02. The Bertz CT molecular complexity index is 782. The number of halogens is 1. The van der Waals surface area contributed by atoms with Crippen molar-refractivity contribution < 1.29 is 14.3 Å². The first-order chi connectivity index (χ1) is 13.9. The monoisotopic (exact) mass is 399 g/mol. The van der Waals surface area contributed by atoms with Gasteiger partial charge in [0.05, 0.1) is 12.5 Å². The molecule has 1 unspecified atom stereocenters. The minimum Gasteiger partial charge on any atom is -0.391 e. The van der Waals surface area contributed by atoms with E-state index in [0.717, 1.165) is 18.7 Å². The Morgan fingerprint density at radius 2 is 1.86 bits per heavy atom. The van der Waals surface area contributed by atoms with Gasteiger partial charge in [-0.2, -0.15) is 0 Å². The number of hydrogen-bond acceptors (Lipinski definition) is 4. The highest BCUT2D eigenvalue weighted by molar-refractivity contribution is 5.77. The van der Waals surface area contributed by atoms with Crippen LogP contribution in [0.3, 0.4) is 0 Å². The van der Waals surface area contributed by atoms with Crippen molar-refractivity contribution in [2.24, 2.45) is 0 Å². The molecule has 2 aromatic rings. The maximum atomic E-state index is 13.4. The molecule has 1 saturated heterocycles. The molecule has 0 aliphatic carbocycles. The molecule has 2 N–H and O–H groups in total. The fraction of sp³-hybridized carbons (Fsp3) is 0.435. The van der Waals surface area contributed by atoms with Gasteiger partial charge in [0.2, 0.25) is 5.91 Å². The van der Waals surface area contributed by atoms with Crippen LogP contribution in [0.5, 0.6) is 0 Å². The van der Waals surface area contributed by atoms with E-state index in [4.69, 9.17) is 0 Å². The van der Waals surface area contributed by atoms with E-state index < -0.39 is 6.10 Å². The predicted octanol–water partition coefficient (Wildman–Crippen LogP) is 2.22. The molecular weight excluding hydrogens is 369 g/mol. The Balaban J connectivity index is 1.68. The van der Waals surface area contributed by atoms with Crippen molar-refractivity contribution in [3.63, 3.8) is 0 Å². The Hall–Kier alpha value is -2.28. The molecule has 6 heteroatoms. The van der Waals surface area contributed by atoms with Crippen LogP contribution < -0.4 is 5.32 Å². The van der Waals surface area contributed by atoms with Crippen LogP contribution in [0.1, 0.15) is 23.5 Å². The topological polar surface area (TPSA) is 55.8 Å². The van der Waals surface area contributed by atoms with Crippen LogP contribution in [-0.4, -0.2) is 66.7 Å². The molecule has 5 nitrogen and oxygen atoms in total. The summed E-state index contributed by atoms with van der Waals surface area (Å²) in [6, 6.07) is 16.7. The Kier molecular flexibility index (Phi) is 7.36. The molecule has 1 heterocycles. The zero-order valence-corrected chi connectivity index (χ0v) is 17.1. The summed E-state index contributed by atoms with van der Waals surface area (Å²) < 4.78 is 13.4. The summed E-state index contributed by atoms with van der Waals surface area (Å²) in [6.45, 7) is 2.74. The van der Waals surface area contributed by atoms with Crippen molar-refractivity contribution in [2.45, 2.75) is 31.0 Å². The number of aliphatic hydroxyl groups is 1. The minimum atomic E-state index is -0.698. The maximum Gasteiger partial charge on any atom is 0.222 e. The normalized spacial score (nSPS) is 20.7. The largest absolute Gasteiger partial charge is 0.391 e. The van der Waals surface area contributed by atoms with Crippen LogP contribution in [0, 0.1) is 5.82 Å². The smallest absolute Gasteiger partial charge is 0.222 e. The van der Waals surface area contributed by atoms with Crippen LogP contribution in [0.25, 0.3) is 0 Å². The lowest BCUT2D eigenvalue weighted by Crippen LogP contribution is -2.42. The van der Waals surface area contributed by atoms with Crippen LogP contribution in [0.15, 0.2) is 54.6 Å². The summed E-state index contributed by atoms with van der Waals surface area (Å²) in [7, 11) is 3.73. The molecule has 3 atom stereocenters. The first-order valence-corrected chi connectivity index (χ1v) is 10.0. The van der Waals surface area contributed by atoms with Crippen molar-refractivity contribution in [3.8, 4) is 0 Å². The van der Waals surface area contributed by atoms with E-state index in [-0.39, 0.29) is 30.1 Å². The molecule has 0 bridgehead atoms. The van der Waals surface area contributed by atoms with Gasteiger partial charge in [-0.3, -0.25) is 9.69 Å². The minimum absolute atomic E-state index is 0.0729. The van der Waals surface area contributed by atoms with Crippen molar-refractivity contribution >= 4 is 5.91 Å². The molecule has 0 saturated carbocycles. The summed E-state index contributed by atoms with van der Waals surface area (Å²) >= 11 is 0. The molecule has 2 aromatic carbocycles. The number of likely N-dealkylation sites (N-methyl/N-ethyl adjacent to an activating group) is 1. The third kappa shape index (κ3) is 6.35. The SMILES string of the molecule is CN(C)CC(O)CC(=O)N[C@@H]1CN(Cc2ccccc2)C[C@H]1c1ccc(F)cc1. The number of carbonyl (C=O) groups is 1. The van der Waals surface area contributed by atoms with E-state index in [9.17, 15) is 14.3 Å². The van der Waals surface area contributed by atoms with Crippen molar-refractivity contribution in [1.82, 2.24) is 15.1 Å². The molecule has 0 spiro atoms. The maximum absolute atomic E-state index is 13.4. The number of rotatable bonds is 8. The van der Waals surface area contributed by atoms with E-state index in [2.05, 4.69) is 22.3 Å². The Morgan fingerprint density at radius 1 is 1.17 bits per heavy atom. The van der Waals surface area contributed by atoms with Crippen molar-refractivity contribution in [1.29, 1.82) is 0 Å². The summed E-state index contributed by atoms with van der Waals surface area (Å²) in [5, 5.41) is 13.2. The number of likely N-dealkylation sites (tertiary alicyclic amines) is 1. The van der Waals surface area contributed by atoms with E-state index in [0.29, 0.717) is 13.1 Å². The molecule has 1 fully saturated rings. The van der Waals surface area contributed by atoms with Crippen LogP contribution in [-0.2, 0) is 11.3 Å². The predicted molar refractivity (Wildman–Crippen MR) is 112 cm³/mol. The molecule has 1 amide bonds. The Labute approximate surface area is 172 Å². The first-order valence-electron chi connectivity index (χ1n) is 10.0. The lowest BCUT2D eigenvalue weighted by atomic mass is 9.94. The van der Waals surface area contributed by atoms with E-state index >= 15 is 0 Å². The lowest BCUT2D eigenvalue weighted by Gasteiger charge is -2.22. The van der Waals surface area contributed by atoms with Crippen LogP contribution in [0.2, 0.25) is 0 Å². The number of nitrogens with one attached hydrogen (secondary N) is 1. The van der Waals surface area contributed by atoms with Gasteiger partial charge in [0.1, 0.15) is 5.82 Å². The van der Waals surface area contributed by atoms with Crippen molar-refractivity contribution in [3.05, 3.63) is 71.5 Å². The zero-order chi connectivity index (χ0) is 20.8. The summed E-state index contributed by atoms with van der Waals surface area (Å²) in [4.78, 5) is 16.7. The molecule has 1 aliphatic rings. The van der Waals surface area contributed by atoms with E-state index in [1.165, 1.54) is 17.7 Å². The summed E-state index contributed by atoms with van der Waals surface area (Å²) in [6.07, 6.45) is -0.625. The third-order valence-electron chi connectivity index (χ3n) is 5.29. The van der Waals surface area contributed by atoms with Gasteiger partial charge in [-0.05, 0) is 37.4 Å². The van der Waals surface area contributed by atoms with Gasteiger partial charge in [-0.1, -0.05) is 42.5 Å². The molecular formula is C23H30FN3O2. The molecule has 29 heavy (non-hydrogen) atoms. The molecule has 3 rings (SSSR count). The highest BCUT2D eigenvalue weighted by Gasteiger charge is 2.35. The fourth-order valence-electron chi connectivity index (χ4n) is 4.02. The number of benzene rings is 2. The van der Waals surface area contributed by atoms with Crippen molar-refractivity contribution in [2.75, 3.05) is 33.7 Å². The average molecular weight is 400 g/mol. The number of hydrogen-bond donors (Lipinski definition) is 2. The van der Waals surface area contributed by atoms with E-state index in [1.807, 2.05) is 37.2 Å². The van der Waals surface area contributed by atoms with Crippen LogP contribution in [0.4, 0.5) is 4.39 Å².